The van der Waals surface area contributed by atoms with Gasteiger partial charge in [-0.1, -0.05) is 41.5 Å². The Balaban J connectivity index is -0.000000329. The minimum absolute atomic E-state index is 0. The van der Waals surface area contributed by atoms with Gasteiger partial charge in [0.1, 0.15) is 17.3 Å². The topological polar surface area (TPSA) is 227 Å². The van der Waals surface area contributed by atoms with E-state index in [1.54, 1.807) is 0 Å². The second-order valence-corrected chi connectivity index (χ2v) is 11.7. The van der Waals surface area contributed by atoms with E-state index in [2.05, 4.69) is 0 Å². The number of aliphatic carboxylic acids is 3. The molecule has 0 aliphatic carbocycles. The van der Waals surface area contributed by atoms with Crippen LogP contribution >= 0.6 is 0 Å². The third-order valence-corrected chi connectivity index (χ3v) is 6.66. The zero-order valence-electron chi connectivity index (χ0n) is 32.8. The minimum atomic E-state index is -1.37. The van der Waals surface area contributed by atoms with Crippen LogP contribution in [0.15, 0.2) is 0 Å². The van der Waals surface area contributed by atoms with Crippen molar-refractivity contribution in [3.8, 4) is 0 Å². The molecule has 0 aromatic heterocycles. The predicted octanol–water partition coefficient (Wildman–Crippen LogP) is 1.15. The van der Waals surface area contributed by atoms with Crippen molar-refractivity contribution in [3.05, 3.63) is 0 Å². The van der Waals surface area contributed by atoms with E-state index in [-0.39, 0.29) is 36.6 Å². The van der Waals surface area contributed by atoms with Crippen LogP contribution in [0.3, 0.4) is 0 Å². The van der Waals surface area contributed by atoms with Crippen LogP contribution in [-0.2, 0) is 57.2 Å². The number of hydrogen-bond donors (Lipinski definition) is 0. The third-order valence-electron chi connectivity index (χ3n) is 6.66. The predicted molar refractivity (Wildman–Crippen MR) is 186 cm³/mol. The first-order valence-electron chi connectivity index (χ1n) is 17.9. The summed E-state index contributed by atoms with van der Waals surface area (Å²) < 4.78 is 32.2. The molecular formula is C36H63AlO15. The van der Waals surface area contributed by atoms with Crippen molar-refractivity contribution in [2.75, 3.05) is 39.6 Å². The maximum atomic E-state index is 11.1. The molecule has 16 heteroatoms. The summed E-state index contributed by atoms with van der Waals surface area (Å²) in [6.45, 7) is 18.2. The summed E-state index contributed by atoms with van der Waals surface area (Å²) in [6.07, 6.45) is 2.93. The van der Waals surface area contributed by atoms with Gasteiger partial charge in [0.25, 0.3) is 0 Å². The Bertz CT molecular complexity index is 777. The third kappa shape index (κ3) is 31.3. The van der Waals surface area contributed by atoms with E-state index in [9.17, 15) is 44.1 Å². The molecule has 0 aromatic rings. The second-order valence-electron chi connectivity index (χ2n) is 11.7. The first kappa shape index (κ1) is 56.5. The van der Waals surface area contributed by atoms with Crippen LogP contribution in [0.25, 0.3) is 0 Å². The van der Waals surface area contributed by atoms with Crippen LogP contribution < -0.4 is 15.3 Å². The molecule has 0 rings (SSSR count). The van der Waals surface area contributed by atoms with Crippen LogP contribution in [0.1, 0.15) is 120 Å². The molecule has 0 aromatic carbocycles. The molecule has 3 atom stereocenters. The van der Waals surface area contributed by atoms with E-state index >= 15 is 0 Å². The first-order chi connectivity index (χ1) is 24.1. The number of rotatable bonds is 30. The minimum Gasteiger partial charge on any atom is -0.549 e. The number of Topliss-reactive ketones (excluding diaryl/α,β-unsaturated/α-hetero) is 3. The van der Waals surface area contributed by atoms with Crippen LogP contribution in [0.2, 0.25) is 0 Å². The molecule has 0 radical (unpaired) electrons. The Morgan fingerprint density at radius 3 is 0.635 bits per heavy atom. The SMILES string of the molecule is CCCOC(CC(C(C)=O)C(=O)[O-])OCCC.CCCOC(CC(C(C)=O)C(=O)[O-])OCCC.CCCOC(CC(C(C)=O)C(=O)[O-])OCCC.[Al+3]. The van der Waals surface area contributed by atoms with Crippen molar-refractivity contribution in [3.63, 3.8) is 0 Å². The van der Waals surface area contributed by atoms with Crippen molar-refractivity contribution in [1.29, 1.82) is 0 Å². The Morgan fingerprint density at radius 2 is 0.538 bits per heavy atom. The molecule has 3 unspecified atom stereocenters. The molecule has 52 heavy (non-hydrogen) atoms. The number of carbonyl (C=O) groups excluding carboxylic acids is 6. The van der Waals surface area contributed by atoms with Crippen LogP contribution in [0.5, 0.6) is 0 Å². The van der Waals surface area contributed by atoms with Crippen molar-refractivity contribution >= 4 is 52.6 Å². The van der Waals surface area contributed by atoms with Gasteiger partial charge in [-0.15, -0.1) is 0 Å². The molecule has 0 bridgehead atoms. The van der Waals surface area contributed by atoms with Gasteiger partial charge in [-0.05, 0) is 59.3 Å². The molecule has 0 amide bonds. The van der Waals surface area contributed by atoms with Crippen molar-refractivity contribution in [2.24, 2.45) is 17.8 Å². The summed E-state index contributed by atoms with van der Waals surface area (Å²) in [5.74, 6) is -8.90. The second kappa shape index (κ2) is 37.0. The average molecular weight is 763 g/mol. The summed E-state index contributed by atoms with van der Waals surface area (Å²) in [5.41, 5.74) is 0. The number of carbonyl (C=O) groups is 6. The summed E-state index contributed by atoms with van der Waals surface area (Å²) in [7, 11) is 0. The Kier molecular flexibility index (Phi) is 40.2. The number of carboxylic acid groups (broad SMARTS) is 3. The van der Waals surface area contributed by atoms with E-state index in [1.807, 2.05) is 41.5 Å². The molecular weight excluding hydrogens is 699 g/mol. The largest absolute Gasteiger partial charge is 3.00 e. The van der Waals surface area contributed by atoms with Gasteiger partial charge in [-0.2, -0.15) is 0 Å². The quantitative estimate of drug-likeness (QED) is 0.0568. The summed E-state index contributed by atoms with van der Waals surface area (Å²) in [5, 5.41) is 32.3. The van der Waals surface area contributed by atoms with Gasteiger partial charge < -0.3 is 58.1 Å². The number of ether oxygens (including phenoxy) is 6. The standard InChI is InChI=1S/3C12H22O5.Al/c3*1-4-6-16-11(17-7-5-2)8-10(9(3)13)12(14)15;/h3*10-11H,4-8H2,1-3H3,(H,14,15);/q;;;+3/p-3. The monoisotopic (exact) mass is 762 g/mol. The maximum absolute atomic E-state index is 11.1. The molecule has 0 fully saturated rings. The Labute approximate surface area is 320 Å². The summed E-state index contributed by atoms with van der Waals surface area (Å²) in [4.78, 5) is 65.8. The number of hydrogen-bond acceptors (Lipinski definition) is 15. The first-order valence-corrected chi connectivity index (χ1v) is 17.9. The smallest absolute Gasteiger partial charge is 0.549 e. The van der Waals surface area contributed by atoms with Gasteiger partial charge in [-0.3, -0.25) is 14.4 Å². The van der Waals surface area contributed by atoms with Crippen molar-refractivity contribution < 1.29 is 72.5 Å². The zero-order chi connectivity index (χ0) is 39.8. The molecule has 0 N–H and O–H groups in total. The van der Waals surface area contributed by atoms with Crippen LogP contribution in [-0.4, -0.2) is 111 Å². The van der Waals surface area contributed by atoms with Crippen LogP contribution in [0.4, 0.5) is 0 Å². The average Bonchev–Trinajstić information content (AvgIpc) is 3.06. The summed E-state index contributed by atoms with van der Waals surface area (Å²) in [6, 6.07) is 0. The normalized spacial score (nSPS) is 12.5. The van der Waals surface area contributed by atoms with Crippen molar-refractivity contribution in [2.45, 2.75) is 139 Å². The zero-order valence-corrected chi connectivity index (χ0v) is 33.9. The number of ketones is 3. The molecule has 0 heterocycles. The van der Waals surface area contributed by atoms with Crippen LogP contribution in [0, 0.1) is 17.8 Å². The van der Waals surface area contributed by atoms with Gasteiger partial charge in [-0.25, -0.2) is 0 Å². The number of carboxylic acids is 3. The Hall–Kier alpha value is -2.29. The Morgan fingerprint density at radius 1 is 0.385 bits per heavy atom. The van der Waals surface area contributed by atoms with Gasteiger partial charge in [0.05, 0.1) is 35.7 Å². The molecule has 0 aliphatic rings. The van der Waals surface area contributed by atoms with E-state index in [1.165, 1.54) is 20.8 Å². The molecule has 0 aliphatic heterocycles. The van der Waals surface area contributed by atoms with E-state index in [0.29, 0.717) is 39.6 Å². The fourth-order valence-corrected chi connectivity index (χ4v) is 3.91. The molecule has 300 valence electrons. The fraction of sp³-hybridized carbons (Fsp3) is 0.833. The van der Waals surface area contributed by atoms with Gasteiger partial charge in [0.15, 0.2) is 18.9 Å². The molecule has 15 nitrogen and oxygen atoms in total. The van der Waals surface area contributed by atoms with Crippen molar-refractivity contribution in [1.82, 2.24) is 0 Å². The maximum Gasteiger partial charge on any atom is 3.00 e. The molecule has 0 saturated carbocycles. The van der Waals surface area contributed by atoms with Gasteiger partial charge in [0, 0.05) is 58.9 Å². The molecule has 0 spiro atoms. The van der Waals surface area contributed by atoms with Gasteiger partial charge in [0.2, 0.25) is 0 Å². The summed E-state index contributed by atoms with van der Waals surface area (Å²) >= 11 is 0. The van der Waals surface area contributed by atoms with Gasteiger partial charge >= 0.3 is 17.4 Å². The van der Waals surface area contributed by atoms with E-state index in [4.69, 9.17) is 28.4 Å². The fourth-order valence-electron chi connectivity index (χ4n) is 3.91. The van der Waals surface area contributed by atoms with E-state index < -0.39 is 71.9 Å². The molecule has 0 saturated heterocycles. The van der Waals surface area contributed by atoms with E-state index in [0.717, 1.165) is 38.5 Å².